The fourth-order valence-electron chi connectivity index (χ4n) is 3.07. The largest absolute Gasteiger partial charge is 0.497 e. The lowest BCUT2D eigenvalue weighted by Crippen LogP contribution is -2.30. The van der Waals surface area contributed by atoms with E-state index in [0.29, 0.717) is 17.2 Å². The molecule has 2 N–H and O–H groups in total. The van der Waals surface area contributed by atoms with Crippen molar-refractivity contribution in [3.8, 4) is 5.75 Å². The third kappa shape index (κ3) is 4.16. The molecule has 0 aliphatic heterocycles. The van der Waals surface area contributed by atoms with Gasteiger partial charge in [0.15, 0.2) is 5.11 Å². The molecule has 0 saturated carbocycles. The highest BCUT2D eigenvalue weighted by Crippen LogP contribution is 2.39. The van der Waals surface area contributed by atoms with Gasteiger partial charge in [-0.2, -0.15) is 0 Å². The van der Waals surface area contributed by atoms with E-state index in [2.05, 4.69) is 10.6 Å². The summed E-state index contributed by atoms with van der Waals surface area (Å²) < 4.78 is 10.1. The van der Waals surface area contributed by atoms with Crippen LogP contribution in [0.1, 0.15) is 32.8 Å². The molecule has 7 heteroatoms. The molecule has 0 bridgehead atoms. The van der Waals surface area contributed by atoms with Crippen LogP contribution in [0.15, 0.2) is 24.3 Å². The maximum atomic E-state index is 12.2. The number of methoxy groups -OCH3 is 2. The Morgan fingerprint density at radius 2 is 2.00 bits per heavy atom. The molecule has 0 radical (unpaired) electrons. The first-order valence-corrected chi connectivity index (χ1v) is 9.75. The summed E-state index contributed by atoms with van der Waals surface area (Å²) in [6.07, 6.45) is 3.88. The van der Waals surface area contributed by atoms with Gasteiger partial charge in [0.1, 0.15) is 10.8 Å². The van der Waals surface area contributed by atoms with Crippen LogP contribution >= 0.6 is 23.6 Å². The molecule has 0 unspecified atom stereocenters. The molecule has 0 fully saturated rings. The second-order valence-electron chi connectivity index (χ2n) is 6.03. The molecule has 3 rings (SSSR count). The van der Waals surface area contributed by atoms with Crippen LogP contribution in [-0.2, 0) is 24.0 Å². The second-order valence-corrected chi connectivity index (χ2v) is 7.55. The summed E-state index contributed by atoms with van der Waals surface area (Å²) in [4.78, 5) is 13.4. The molecule has 0 atom stereocenters. The minimum absolute atomic E-state index is 0.298. The van der Waals surface area contributed by atoms with Crippen LogP contribution in [0, 0.1) is 0 Å². The number of carbonyl (C=O) groups excluding carboxylic acids is 1. The highest BCUT2D eigenvalue weighted by atomic mass is 32.1. The summed E-state index contributed by atoms with van der Waals surface area (Å²) in [5.41, 5.74) is 2.96. The van der Waals surface area contributed by atoms with E-state index in [1.807, 2.05) is 24.3 Å². The zero-order valence-electron chi connectivity index (χ0n) is 14.9. The molecule has 138 valence electrons. The number of aryl methyl sites for hydroxylation is 1. The van der Waals surface area contributed by atoms with E-state index in [4.69, 9.17) is 21.7 Å². The van der Waals surface area contributed by atoms with E-state index in [1.165, 1.54) is 17.6 Å². The van der Waals surface area contributed by atoms with Crippen molar-refractivity contribution in [1.29, 1.82) is 0 Å². The SMILES string of the molecule is COC(=O)c1c(NC(=S)NCCc2ccc(OC)cc2)sc2c1CCC2. The van der Waals surface area contributed by atoms with Crippen LogP contribution in [-0.4, -0.2) is 31.8 Å². The summed E-state index contributed by atoms with van der Waals surface area (Å²) in [7, 11) is 3.07. The lowest BCUT2D eigenvalue weighted by Gasteiger charge is -2.11. The normalized spacial score (nSPS) is 12.4. The van der Waals surface area contributed by atoms with Crippen molar-refractivity contribution >= 4 is 39.6 Å². The Hall–Kier alpha value is -2.12. The Balaban J connectivity index is 1.57. The second kappa shape index (κ2) is 8.51. The minimum atomic E-state index is -0.298. The maximum absolute atomic E-state index is 12.2. The molecule has 0 amide bonds. The first-order chi connectivity index (χ1) is 12.6. The number of hydrogen-bond donors (Lipinski definition) is 2. The zero-order chi connectivity index (χ0) is 18.5. The van der Waals surface area contributed by atoms with E-state index in [-0.39, 0.29) is 5.97 Å². The molecule has 1 aliphatic rings. The molecule has 26 heavy (non-hydrogen) atoms. The van der Waals surface area contributed by atoms with Crippen molar-refractivity contribution in [1.82, 2.24) is 5.32 Å². The number of ether oxygens (including phenoxy) is 2. The van der Waals surface area contributed by atoms with Crippen molar-refractivity contribution in [3.05, 3.63) is 45.8 Å². The van der Waals surface area contributed by atoms with Crippen molar-refractivity contribution in [3.63, 3.8) is 0 Å². The number of thiophene rings is 1. The molecule has 1 heterocycles. The van der Waals surface area contributed by atoms with Gasteiger partial charge in [-0.3, -0.25) is 0 Å². The summed E-state index contributed by atoms with van der Waals surface area (Å²) >= 11 is 6.99. The summed E-state index contributed by atoms with van der Waals surface area (Å²) in [5.74, 6) is 0.549. The van der Waals surface area contributed by atoms with E-state index >= 15 is 0 Å². The van der Waals surface area contributed by atoms with E-state index in [1.54, 1.807) is 18.4 Å². The Morgan fingerprint density at radius 3 is 2.69 bits per heavy atom. The Labute approximate surface area is 162 Å². The number of nitrogens with one attached hydrogen (secondary N) is 2. The average molecular weight is 391 g/mol. The van der Waals surface area contributed by atoms with Crippen molar-refractivity contribution in [2.75, 3.05) is 26.1 Å². The smallest absolute Gasteiger partial charge is 0.341 e. The van der Waals surface area contributed by atoms with Gasteiger partial charge in [0.2, 0.25) is 0 Å². The summed E-state index contributed by atoms with van der Waals surface area (Å²) in [5, 5.41) is 7.68. The van der Waals surface area contributed by atoms with Crippen LogP contribution in [0.2, 0.25) is 0 Å². The minimum Gasteiger partial charge on any atom is -0.497 e. The lowest BCUT2D eigenvalue weighted by atomic mass is 10.1. The van der Waals surface area contributed by atoms with Gasteiger partial charge >= 0.3 is 5.97 Å². The van der Waals surface area contributed by atoms with E-state index in [0.717, 1.165) is 42.0 Å². The average Bonchev–Trinajstić information content (AvgIpc) is 3.22. The fraction of sp³-hybridized carbons (Fsp3) is 0.368. The van der Waals surface area contributed by atoms with Crippen molar-refractivity contribution < 1.29 is 14.3 Å². The quantitative estimate of drug-likeness (QED) is 0.581. The van der Waals surface area contributed by atoms with Gasteiger partial charge in [-0.05, 0) is 61.2 Å². The molecule has 0 spiro atoms. The number of rotatable bonds is 6. The van der Waals surface area contributed by atoms with Crippen LogP contribution in [0.3, 0.4) is 0 Å². The monoisotopic (exact) mass is 390 g/mol. The van der Waals surface area contributed by atoms with E-state index in [9.17, 15) is 4.79 Å². The molecule has 5 nitrogen and oxygen atoms in total. The number of carbonyl (C=O) groups is 1. The summed E-state index contributed by atoms with van der Waals surface area (Å²) in [6.45, 7) is 0.705. The van der Waals surface area contributed by atoms with Crippen LogP contribution < -0.4 is 15.4 Å². The molecular weight excluding hydrogens is 368 g/mol. The Morgan fingerprint density at radius 1 is 1.23 bits per heavy atom. The van der Waals surface area contributed by atoms with Gasteiger partial charge in [0, 0.05) is 11.4 Å². The number of fused-ring (bicyclic) bond motifs is 1. The van der Waals surface area contributed by atoms with E-state index < -0.39 is 0 Å². The number of esters is 1. The zero-order valence-corrected chi connectivity index (χ0v) is 16.5. The fourth-order valence-corrected chi connectivity index (χ4v) is 4.62. The van der Waals surface area contributed by atoms with Crippen molar-refractivity contribution in [2.24, 2.45) is 0 Å². The molecule has 0 saturated heterocycles. The van der Waals surface area contributed by atoms with Gasteiger partial charge in [0.05, 0.1) is 19.8 Å². The van der Waals surface area contributed by atoms with Gasteiger partial charge in [-0.25, -0.2) is 4.79 Å². The highest BCUT2D eigenvalue weighted by molar-refractivity contribution is 7.80. The molecule has 2 aromatic rings. The number of benzene rings is 1. The number of hydrogen-bond acceptors (Lipinski definition) is 5. The van der Waals surface area contributed by atoms with Crippen molar-refractivity contribution in [2.45, 2.75) is 25.7 Å². The van der Waals surface area contributed by atoms with Crippen LogP contribution in [0.25, 0.3) is 0 Å². The standard InChI is InChI=1S/C19H22N2O3S2/c1-23-13-8-6-12(7-9-13)10-11-20-19(25)21-17-16(18(22)24-2)14-4-3-5-15(14)26-17/h6-9H,3-5,10-11H2,1-2H3,(H2,20,21,25). The Bertz CT molecular complexity index is 800. The number of anilines is 1. The molecule has 1 aromatic carbocycles. The third-order valence-electron chi connectivity index (χ3n) is 4.40. The van der Waals surface area contributed by atoms with Gasteiger partial charge in [0.25, 0.3) is 0 Å². The summed E-state index contributed by atoms with van der Waals surface area (Å²) in [6, 6.07) is 7.97. The first-order valence-electron chi connectivity index (χ1n) is 8.53. The molecule has 1 aliphatic carbocycles. The van der Waals surface area contributed by atoms with Crippen LogP contribution in [0.4, 0.5) is 5.00 Å². The predicted octanol–water partition coefficient (Wildman–Crippen LogP) is 3.56. The Kier molecular flexibility index (Phi) is 6.11. The van der Waals surface area contributed by atoms with Gasteiger partial charge in [-0.1, -0.05) is 12.1 Å². The number of thiocarbonyl (C=S) groups is 1. The highest BCUT2D eigenvalue weighted by Gasteiger charge is 2.27. The molecule has 1 aromatic heterocycles. The lowest BCUT2D eigenvalue weighted by molar-refractivity contribution is 0.0601. The maximum Gasteiger partial charge on any atom is 0.341 e. The predicted molar refractivity (Wildman–Crippen MR) is 109 cm³/mol. The third-order valence-corrected chi connectivity index (χ3v) is 5.85. The first kappa shape index (κ1) is 18.7. The van der Waals surface area contributed by atoms with Crippen LogP contribution in [0.5, 0.6) is 5.75 Å². The molecular formula is C19H22N2O3S2. The van der Waals surface area contributed by atoms with Gasteiger partial charge in [-0.15, -0.1) is 11.3 Å². The topological polar surface area (TPSA) is 59.6 Å². The van der Waals surface area contributed by atoms with Gasteiger partial charge < -0.3 is 20.1 Å².